The molecule has 1 fully saturated rings. The van der Waals surface area contributed by atoms with E-state index in [-0.39, 0.29) is 11.8 Å². The molecule has 0 saturated heterocycles. The molecule has 1 saturated carbocycles. The topological polar surface area (TPSA) is 59.8 Å². The van der Waals surface area contributed by atoms with Crippen molar-refractivity contribution in [3.8, 4) is 5.69 Å². The first-order valence-corrected chi connectivity index (χ1v) is 8.80. The summed E-state index contributed by atoms with van der Waals surface area (Å²) in [6, 6.07) is 7.72. The minimum Gasteiger partial charge on any atom is -0.326 e. The fraction of sp³-hybridized carbons (Fsp3) is 0.526. The van der Waals surface area contributed by atoms with Crippen LogP contribution in [0.25, 0.3) is 5.69 Å². The van der Waals surface area contributed by atoms with Crippen LogP contribution in [0.1, 0.15) is 40.0 Å². The molecular weight excluding hydrogens is 300 g/mol. The molecule has 1 amide bonds. The SMILES string of the molecule is CC1CCC(C(C)C)C(C(=O)Nc2ccc(-n3cncn3)cc2)C1. The Kier molecular flexibility index (Phi) is 4.97. The maximum Gasteiger partial charge on any atom is 0.227 e. The van der Waals surface area contributed by atoms with Crippen molar-refractivity contribution in [1.82, 2.24) is 14.8 Å². The highest BCUT2D eigenvalue weighted by Crippen LogP contribution is 2.38. The lowest BCUT2D eigenvalue weighted by atomic mass is 9.70. The summed E-state index contributed by atoms with van der Waals surface area (Å²) in [4.78, 5) is 16.7. The zero-order valence-electron chi connectivity index (χ0n) is 14.6. The van der Waals surface area contributed by atoms with Gasteiger partial charge < -0.3 is 5.32 Å². The molecule has 1 heterocycles. The van der Waals surface area contributed by atoms with Crippen molar-refractivity contribution in [2.24, 2.45) is 23.7 Å². The second kappa shape index (κ2) is 7.16. The second-order valence-corrected chi connectivity index (χ2v) is 7.31. The largest absolute Gasteiger partial charge is 0.326 e. The first-order valence-electron chi connectivity index (χ1n) is 8.80. The molecule has 2 aromatic rings. The number of nitrogens with one attached hydrogen (secondary N) is 1. The van der Waals surface area contributed by atoms with Crippen LogP contribution in [-0.2, 0) is 4.79 Å². The number of nitrogens with zero attached hydrogens (tertiary/aromatic N) is 3. The van der Waals surface area contributed by atoms with Crippen LogP contribution >= 0.6 is 0 Å². The molecule has 0 spiro atoms. The third-order valence-electron chi connectivity index (χ3n) is 5.18. The van der Waals surface area contributed by atoms with Gasteiger partial charge in [-0.1, -0.05) is 27.2 Å². The van der Waals surface area contributed by atoms with Gasteiger partial charge in [0.2, 0.25) is 5.91 Å². The summed E-state index contributed by atoms with van der Waals surface area (Å²) in [5, 5.41) is 7.21. The Balaban J connectivity index is 1.69. The molecule has 1 aromatic carbocycles. The molecule has 0 radical (unpaired) electrons. The average molecular weight is 326 g/mol. The monoisotopic (exact) mass is 326 g/mol. The van der Waals surface area contributed by atoms with Gasteiger partial charge in [0.25, 0.3) is 0 Å². The van der Waals surface area contributed by atoms with Gasteiger partial charge in [-0.3, -0.25) is 4.79 Å². The molecule has 1 aliphatic carbocycles. The molecule has 1 aromatic heterocycles. The Morgan fingerprint density at radius 2 is 2.00 bits per heavy atom. The van der Waals surface area contributed by atoms with Crippen LogP contribution in [-0.4, -0.2) is 20.7 Å². The number of carbonyl (C=O) groups excluding carboxylic acids is 1. The van der Waals surface area contributed by atoms with Crippen LogP contribution in [0.5, 0.6) is 0 Å². The van der Waals surface area contributed by atoms with Crippen LogP contribution < -0.4 is 5.32 Å². The predicted molar refractivity (Wildman–Crippen MR) is 94.8 cm³/mol. The normalized spacial score (nSPS) is 24.1. The summed E-state index contributed by atoms with van der Waals surface area (Å²) in [7, 11) is 0. The standard InChI is InChI=1S/C19H26N4O/c1-13(2)17-9-4-14(3)10-18(17)19(24)22-15-5-7-16(8-6-15)23-12-20-11-21-23/h5-8,11-14,17-18H,4,9-10H2,1-3H3,(H,22,24). The zero-order valence-corrected chi connectivity index (χ0v) is 14.6. The summed E-state index contributed by atoms with van der Waals surface area (Å²) >= 11 is 0. The molecule has 3 rings (SSSR count). The Labute approximate surface area is 143 Å². The van der Waals surface area contributed by atoms with E-state index in [9.17, 15) is 4.79 Å². The molecule has 1 N–H and O–H groups in total. The van der Waals surface area contributed by atoms with Crippen molar-refractivity contribution in [3.63, 3.8) is 0 Å². The van der Waals surface area contributed by atoms with Gasteiger partial charge in [-0.2, -0.15) is 5.10 Å². The fourth-order valence-corrected chi connectivity index (χ4v) is 3.78. The van der Waals surface area contributed by atoms with E-state index in [2.05, 4.69) is 36.2 Å². The first kappa shape index (κ1) is 16.7. The smallest absolute Gasteiger partial charge is 0.227 e. The summed E-state index contributed by atoms with van der Waals surface area (Å²) in [5.74, 6) is 1.93. The van der Waals surface area contributed by atoms with Crippen molar-refractivity contribution in [2.75, 3.05) is 5.32 Å². The summed E-state index contributed by atoms with van der Waals surface area (Å²) in [6.45, 7) is 6.71. The lowest BCUT2D eigenvalue weighted by molar-refractivity contribution is -0.123. The number of hydrogen-bond donors (Lipinski definition) is 1. The van der Waals surface area contributed by atoms with Crippen molar-refractivity contribution < 1.29 is 4.79 Å². The van der Waals surface area contributed by atoms with E-state index in [1.807, 2.05) is 24.3 Å². The molecule has 5 heteroatoms. The molecule has 128 valence electrons. The van der Waals surface area contributed by atoms with Crippen molar-refractivity contribution in [3.05, 3.63) is 36.9 Å². The number of amides is 1. The van der Waals surface area contributed by atoms with E-state index in [1.54, 1.807) is 11.0 Å². The third kappa shape index (κ3) is 3.66. The minimum atomic E-state index is 0.115. The maximum absolute atomic E-state index is 12.8. The van der Waals surface area contributed by atoms with Crippen LogP contribution in [0.3, 0.4) is 0 Å². The molecule has 5 nitrogen and oxygen atoms in total. The molecule has 0 aliphatic heterocycles. The summed E-state index contributed by atoms with van der Waals surface area (Å²) in [5.41, 5.74) is 1.77. The number of benzene rings is 1. The lowest BCUT2D eigenvalue weighted by Crippen LogP contribution is -2.36. The molecule has 3 atom stereocenters. The van der Waals surface area contributed by atoms with Gasteiger partial charge in [-0.15, -0.1) is 0 Å². The van der Waals surface area contributed by atoms with Gasteiger partial charge in [-0.05, 0) is 54.9 Å². The number of hydrogen-bond acceptors (Lipinski definition) is 3. The molecule has 24 heavy (non-hydrogen) atoms. The van der Waals surface area contributed by atoms with Crippen molar-refractivity contribution in [2.45, 2.75) is 40.0 Å². The first-order chi connectivity index (χ1) is 11.5. The number of carbonyl (C=O) groups is 1. The van der Waals surface area contributed by atoms with Crippen LogP contribution in [0.4, 0.5) is 5.69 Å². The number of rotatable bonds is 4. The Hall–Kier alpha value is -2.17. The van der Waals surface area contributed by atoms with Crippen LogP contribution in [0.15, 0.2) is 36.9 Å². The Morgan fingerprint density at radius 1 is 1.25 bits per heavy atom. The second-order valence-electron chi connectivity index (χ2n) is 7.31. The Bertz CT molecular complexity index is 663. The van der Waals surface area contributed by atoms with Gasteiger partial charge in [0.15, 0.2) is 0 Å². The number of anilines is 1. The summed E-state index contributed by atoms with van der Waals surface area (Å²) < 4.78 is 1.70. The number of aromatic nitrogens is 3. The third-order valence-corrected chi connectivity index (χ3v) is 5.18. The molecule has 3 unspecified atom stereocenters. The van der Waals surface area contributed by atoms with Crippen LogP contribution in [0, 0.1) is 23.7 Å². The predicted octanol–water partition coefficient (Wildman–Crippen LogP) is 3.91. The highest BCUT2D eigenvalue weighted by Gasteiger charge is 2.35. The van der Waals surface area contributed by atoms with E-state index in [1.165, 1.54) is 12.7 Å². The van der Waals surface area contributed by atoms with E-state index in [4.69, 9.17) is 0 Å². The summed E-state index contributed by atoms with van der Waals surface area (Å²) in [6.07, 6.45) is 6.54. The Morgan fingerprint density at radius 3 is 2.62 bits per heavy atom. The van der Waals surface area contributed by atoms with Crippen molar-refractivity contribution >= 4 is 11.6 Å². The minimum absolute atomic E-state index is 0.115. The van der Waals surface area contributed by atoms with Gasteiger partial charge in [-0.25, -0.2) is 9.67 Å². The van der Waals surface area contributed by atoms with E-state index < -0.39 is 0 Å². The molecular formula is C19H26N4O. The molecule has 1 aliphatic rings. The molecule has 0 bridgehead atoms. The van der Waals surface area contributed by atoms with Crippen molar-refractivity contribution in [1.29, 1.82) is 0 Å². The van der Waals surface area contributed by atoms with Gasteiger partial charge in [0, 0.05) is 11.6 Å². The quantitative estimate of drug-likeness (QED) is 0.926. The average Bonchev–Trinajstić information content (AvgIpc) is 3.09. The van der Waals surface area contributed by atoms with Gasteiger partial charge in [0.05, 0.1) is 5.69 Å². The lowest BCUT2D eigenvalue weighted by Gasteiger charge is -2.36. The van der Waals surface area contributed by atoms with Crippen LogP contribution in [0.2, 0.25) is 0 Å². The van der Waals surface area contributed by atoms with E-state index >= 15 is 0 Å². The zero-order chi connectivity index (χ0) is 17.1. The van der Waals surface area contributed by atoms with Gasteiger partial charge >= 0.3 is 0 Å². The fourth-order valence-electron chi connectivity index (χ4n) is 3.78. The van der Waals surface area contributed by atoms with Gasteiger partial charge in [0.1, 0.15) is 12.7 Å². The highest BCUT2D eigenvalue weighted by molar-refractivity contribution is 5.92. The maximum atomic E-state index is 12.8. The van der Waals surface area contributed by atoms with E-state index in [0.717, 1.165) is 24.2 Å². The van der Waals surface area contributed by atoms with E-state index in [0.29, 0.717) is 17.8 Å². The highest BCUT2D eigenvalue weighted by atomic mass is 16.1.